The quantitative estimate of drug-likeness (QED) is 0.674. The largest absolute Gasteiger partial charge is 0.354 e. The molecular weight excluding hydrogens is 214 g/mol. The van der Waals surface area contributed by atoms with Crippen LogP contribution in [0.25, 0.3) is 0 Å². The van der Waals surface area contributed by atoms with Crippen LogP contribution in [0.4, 0.5) is 0 Å². The van der Waals surface area contributed by atoms with Crippen LogP contribution < -0.4 is 16.0 Å². The van der Waals surface area contributed by atoms with E-state index in [2.05, 4.69) is 22.9 Å². The zero-order chi connectivity index (χ0) is 12.1. The molecule has 1 amide bonds. The Bertz CT molecular complexity index is 255. The second-order valence-corrected chi connectivity index (χ2v) is 5.39. The maximum absolute atomic E-state index is 12.2. The third-order valence-corrected chi connectivity index (χ3v) is 4.23. The second kappa shape index (κ2) is 5.83. The average Bonchev–Trinajstić information content (AvgIpc) is 2.87. The van der Waals surface area contributed by atoms with Gasteiger partial charge in [-0.25, -0.2) is 0 Å². The molecule has 2 atom stereocenters. The zero-order valence-electron chi connectivity index (χ0n) is 10.8. The lowest BCUT2D eigenvalue weighted by atomic mass is 9.92. The van der Waals surface area contributed by atoms with Crippen molar-refractivity contribution >= 4 is 5.91 Å². The molecule has 2 saturated heterocycles. The van der Waals surface area contributed by atoms with Crippen molar-refractivity contribution in [2.75, 3.05) is 26.2 Å². The SMILES string of the molecule is CCC1(C(=O)NCC2CCCNC2)CCCN1. The Labute approximate surface area is 104 Å². The molecule has 2 heterocycles. The van der Waals surface area contributed by atoms with Crippen molar-refractivity contribution in [3.05, 3.63) is 0 Å². The van der Waals surface area contributed by atoms with Gasteiger partial charge in [0.15, 0.2) is 0 Å². The molecule has 0 aromatic rings. The van der Waals surface area contributed by atoms with E-state index in [1.54, 1.807) is 0 Å². The molecule has 98 valence electrons. The van der Waals surface area contributed by atoms with E-state index in [1.165, 1.54) is 12.8 Å². The number of nitrogens with one attached hydrogen (secondary N) is 3. The van der Waals surface area contributed by atoms with Crippen LogP contribution in [-0.4, -0.2) is 37.6 Å². The smallest absolute Gasteiger partial charge is 0.240 e. The fourth-order valence-electron chi connectivity index (χ4n) is 2.97. The normalized spacial score (nSPS) is 33.6. The predicted molar refractivity (Wildman–Crippen MR) is 68.9 cm³/mol. The number of carbonyl (C=O) groups is 1. The molecule has 17 heavy (non-hydrogen) atoms. The van der Waals surface area contributed by atoms with Crippen molar-refractivity contribution in [1.29, 1.82) is 0 Å². The zero-order valence-corrected chi connectivity index (χ0v) is 10.8. The van der Waals surface area contributed by atoms with Gasteiger partial charge in [-0.15, -0.1) is 0 Å². The van der Waals surface area contributed by atoms with Crippen LogP contribution in [0.2, 0.25) is 0 Å². The molecular formula is C13H25N3O. The summed E-state index contributed by atoms with van der Waals surface area (Å²) in [6, 6.07) is 0. The molecule has 0 radical (unpaired) electrons. The van der Waals surface area contributed by atoms with Crippen molar-refractivity contribution in [1.82, 2.24) is 16.0 Å². The first-order valence-electron chi connectivity index (χ1n) is 7.01. The van der Waals surface area contributed by atoms with Crippen molar-refractivity contribution in [2.24, 2.45) is 5.92 Å². The fourth-order valence-corrected chi connectivity index (χ4v) is 2.97. The van der Waals surface area contributed by atoms with Crippen LogP contribution in [0.5, 0.6) is 0 Å². The van der Waals surface area contributed by atoms with Crippen LogP contribution in [0, 0.1) is 5.92 Å². The number of piperidine rings is 1. The molecule has 0 saturated carbocycles. The minimum atomic E-state index is -0.276. The molecule has 2 rings (SSSR count). The first-order valence-corrected chi connectivity index (χ1v) is 7.01. The summed E-state index contributed by atoms with van der Waals surface area (Å²) in [4.78, 5) is 12.2. The Morgan fingerprint density at radius 2 is 2.29 bits per heavy atom. The van der Waals surface area contributed by atoms with E-state index in [0.29, 0.717) is 5.92 Å². The first-order chi connectivity index (χ1) is 8.27. The summed E-state index contributed by atoms with van der Waals surface area (Å²) in [5.41, 5.74) is -0.276. The van der Waals surface area contributed by atoms with Crippen LogP contribution in [0.1, 0.15) is 39.0 Å². The Kier molecular flexibility index (Phi) is 4.40. The van der Waals surface area contributed by atoms with E-state index in [-0.39, 0.29) is 11.4 Å². The maximum Gasteiger partial charge on any atom is 0.240 e. The molecule has 2 aliphatic heterocycles. The number of hydrogen-bond acceptors (Lipinski definition) is 3. The Morgan fingerprint density at radius 3 is 2.88 bits per heavy atom. The number of amides is 1. The summed E-state index contributed by atoms with van der Waals surface area (Å²) in [5, 5.41) is 9.91. The van der Waals surface area contributed by atoms with E-state index >= 15 is 0 Å². The van der Waals surface area contributed by atoms with Crippen LogP contribution in [0.15, 0.2) is 0 Å². The van der Waals surface area contributed by atoms with Gasteiger partial charge in [-0.1, -0.05) is 6.92 Å². The lowest BCUT2D eigenvalue weighted by molar-refractivity contribution is -0.127. The highest BCUT2D eigenvalue weighted by molar-refractivity contribution is 5.86. The van der Waals surface area contributed by atoms with Crippen molar-refractivity contribution < 1.29 is 4.79 Å². The van der Waals surface area contributed by atoms with Gasteiger partial charge in [0, 0.05) is 6.54 Å². The summed E-state index contributed by atoms with van der Waals surface area (Å²) in [6.45, 7) is 6.08. The summed E-state index contributed by atoms with van der Waals surface area (Å²) >= 11 is 0. The van der Waals surface area contributed by atoms with E-state index in [4.69, 9.17) is 0 Å². The highest BCUT2D eigenvalue weighted by atomic mass is 16.2. The van der Waals surface area contributed by atoms with Crippen molar-refractivity contribution in [2.45, 2.75) is 44.6 Å². The fraction of sp³-hybridized carbons (Fsp3) is 0.923. The highest BCUT2D eigenvalue weighted by Gasteiger charge is 2.38. The summed E-state index contributed by atoms with van der Waals surface area (Å²) in [5.74, 6) is 0.825. The van der Waals surface area contributed by atoms with Gasteiger partial charge in [0.1, 0.15) is 0 Å². The summed E-state index contributed by atoms with van der Waals surface area (Å²) < 4.78 is 0. The molecule has 0 aliphatic carbocycles. The van der Waals surface area contributed by atoms with Gasteiger partial charge in [0.25, 0.3) is 0 Å². The second-order valence-electron chi connectivity index (χ2n) is 5.39. The maximum atomic E-state index is 12.2. The Morgan fingerprint density at radius 1 is 1.41 bits per heavy atom. The van der Waals surface area contributed by atoms with E-state index < -0.39 is 0 Å². The van der Waals surface area contributed by atoms with Gasteiger partial charge in [-0.05, 0) is 57.7 Å². The van der Waals surface area contributed by atoms with Crippen LogP contribution in [-0.2, 0) is 4.79 Å². The highest BCUT2D eigenvalue weighted by Crippen LogP contribution is 2.23. The monoisotopic (exact) mass is 239 g/mol. The molecule has 0 aromatic carbocycles. The van der Waals surface area contributed by atoms with Crippen LogP contribution >= 0.6 is 0 Å². The van der Waals surface area contributed by atoms with Crippen molar-refractivity contribution in [3.63, 3.8) is 0 Å². The standard InChI is InChI=1S/C13H25N3O/c1-2-13(6-4-8-16-13)12(17)15-10-11-5-3-7-14-9-11/h11,14,16H,2-10H2,1H3,(H,15,17). The minimum absolute atomic E-state index is 0.211. The van der Waals surface area contributed by atoms with Gasteiger partial charge in [0.2, 0.25) is 5.91 Å². The number of hydrogen-bond donors (Lipinski definition) is 3. The molecule has 0 aromatic heterocycles. The molecule has 3 N–H and O–H groups in total. The lowest BCUT2D eigenvalue weighted by Crippen LogP contribution is -2.54. The van der Waals surface area contributed by atoms with Gasteiger partial charge in [0.05, 0.1) is 5.54 Å². The van der Waals surface area contributed by atoms with Crippen molar-refractivity contribution in [3.8, 4) is 0 Å². The molecule has 2 aliphatic rings. The van der Waals surface area contributed by atoms with Gasteiger partial charge in [-0.2, -0.15) is 0 Å². The minimum Gasteiger partial charge on any atom is -0.354 e. The van der Waals surface area contributed by atoms with E-state index in [0.717, 1.165) is 45.4 Å². The molecule has 0 bridgehead atoms. The van der Waals surface area contributed by atoms with E-state index in [1.807, 2.05) is 0 Å². The van der Waals surface area contributed by atoms with Gasteiger partial charge in [-0.3, -0.25) is 4.79 Å². The molecule has 4 heteroatoms. The molecule has 2 unspecified atom stereocenters. The first kappa shape index (κ1) is 12.8. The average molecular weight is 239 g/mol. The summed E-state index contributed by atoms with van der Waals surface area (Å²) in [6.07, 6.45) is 5.46. The number of carbonyl (C=O) groups excluding carboxylic acids is 1. The number of rotatable bonds is 4. The van der Waals surface area contributed by atoms with Crippen LogP contribution in [0.3, 0.4) is 0 Å². The third-order valence-electron chi connectivity index (χ3n) is 4.23. The Hall–Kier alpha value is -0.610. The lowest BCUT2D eigenvalue weighted by Gasteiger charge is -2.29. The molecule has 4 nitrogen and oxygen atoms in total. The predicted octanol–water partition coefficient (Wildman–Crippen LogP) is 0.634. The van der Waals surface area contributed by atoms with Gasteiger partial charge >= 0.3 is 0 Å². The Balaban J connectivity index is 1.79. The van der Waals surface area contributed by atoms with E-state index in [9.17, 15) is 4.79 Å². The van der Waals surface area contributed by atoms with Gasteiger partial charge < -0.3 is 16.0 Å². The third kappa shape index (κ3) is 2.99. The molecule has 2 fully saturated rings. The summed E-state index contributed by atoms with van der Waals surface area (Å²) in [7, 11) is 0. The molecule has 0 spiro atoms. The topological polar surface area (TPSA) is 53.2 Å².